The van der Waals surface area contributed by atoms with E-state index >= 15 is 0 Å². The zero-order valence-corrected chi connectivity index (χ0v) is 16.3. The Kier molecular flexibility index (Phi) is 6.21. The first kappa shape index (κ1) is 19.8. The molecule has 0 aliphatic rings. The second-order valence-corrected chi connectivity index (χ2v) is 8.54. The van der Waals surface area contributed by atoms with Gasteiger partial charge in [0, 0.05) is 18.8 Å². The van der Waals surface area contributed by atoms with Crippen LogP contribution in [-0.4, -0.2) is 25.5 Å². The summed E-state index contributed by atoms with van der Waals surface area (Å²) in [4.78, 5) is 16.8. The SMILES string of the molecule is C[C@H](Cc1cccnc1)OC(=O)c1cccc(CS(=O)(=O)c2ccccc2)c1. The van der Waals surface area contributed by atoms with Crippen molar-refractivity contribution in [3.63, 3.8) is 0 Å². The van der Waals surface area contributed by atoms with Gasteiger partial charge in [-0.05, 0) is 48.4 Å². The molecule has 0 fully saturated rings. The van der Waals surface area contributed by atoms with Gasteiger partial charge in [-0.15, -0.1) is 0 Å². The van der Waals surface area contributed by atoms with Crippen LogP contribution in [0.25, 0.3) is 0 Å². The van der Waals surface area contributed by atoms with Crippen LogP contribution in [0.3, 0.4) is 0 Å². The Morgan fingerprint density at radius 3 is 2.46 bits per heavy atom. The minimum atomic E-state index is -3.48. The zero-order valence-electron chi connectivity index (χ0n) is 15.5. The average Bonchev–Trinajstić information content (AvgIpc) is 2.69. The van der Waals surface area contributed by atoms with Crippen molar-refractivity contribution in [3.8, 4) is 0 Å². The maximum atomic E-state index is 12.5. The molecule has 5 nitrogen and oxygen atoms in total. The fourth-order valence-corrected chi connectivity index (χ4v) is 4.22. The molecule has 0 N–H and O–H groups in total. The van der Waals surface area contributed by atoms with Gasteiger partial charge in [-0.2, -0.15) is 0 Å². The van der Waals surface area contributed by atoms with Gasteiger partial charge in [-0.3, -0.25) is 4.98 Å². The van der Waals surface area contributed by atoms with Crippen molar-refractivity contribution in [3.05, 3.63) is 95.8 Å². The molecule has 0 bridgehead atoms. The highest BCUT2D eigenvalue weighted by Crippen LogP contribution is 2.18. The number of carbonyl (C=O) groups excluding carboxylic acids is 1. The van der Waals surface area contributed by atoms with Gasteiger partial charge in [0.1, 0.15) is 6.10 Å². The number of carbonyl (C=O) groups is 1. The van der Waals surface area contributed by atoms with Crippen molar-refractivity contribution in [2.75, 3.05) is 0 Å². The summed E-state index contributed by atoms with van der Waals surface area (Å²) in [5, 5.41) is 0. The molecule has 2 aromatic carbocycles. The second-order valence-electron chi connectivity index (χ2n) is 6.55. The molecule has 6 heteroatoms. The zero-order chi connectivity index (χ0) is 20.0. The standard InChI is InChI=1S/C22H21NO4S/c1-17(13-18-8-6-12-23-15-18)27-22(24)20-9-5-7-19(14-20)16-28(25,26)21-10-3-2-4-11-21/h2-12,14-15,17H,13,16H2,1H3/t17-/m1/s1. The monoisotopic (exact) mass is 395 g/mol. The fourth-order valence-electron chi connectivity index (χ4n) is 2.86. The molecule has 1 atom stereocenters. The maximum absolute atomic E-state index is 12.5. The van der Waals surface area contributed by atoms with Crippen molar-refractivity contribution in [2.45, 2.75) is 30.1 Å². The van der Waals surface area contributed by atoms with E-state index in [1.165, 1.54) is 0 Å². The number of hydrogen-bond acceptors (Lipinski definition) is 5. The van der Waals surface area contributed by atoms with Gasteiger partial charge in [-0.25, -0.2) is 13.2 Å². The number of aromatic nitrogens is 1. The lowest BCUT2D eigenvalue weighted by Gasteiger charge is -2.13. The molecular formula is C22H21NO4S. The molecule has 1 heterocycles. The molecule has 3 rings (SSSR count). The number of ether oxygens (including phenoxy) is 1. The summed E-state index contributed by atoms with van der Waals surface area (Å²) in [5.74, 6) is -0.654. The van der Waals surface area contributed by atoms with Crippen molar-refractivity contribution in [1.82, 2.24) is 4.98 Å². The number of sulfone groups is 1. The van der Waals surface area contributed by atoms with Crippen molar-refractivity contribution in [1.29, 1.82) is 0 Å². The molecule has 144 valence electrons. The Balaban J connectivity index is 1.68. The third-order valence-corrected chi connectivity index (χ3v) is 5.88. The van der Waals surface area contributed by atoms with E-state index in [9.17, 15) is 13.2 Å². The van der Waals surface area contributed by atoms with E-state index in [1.54, 1.807) is 67.0 Å². The molecule has 28 heavy (non-hydrogen) atoms. The number of esters is 1. The first-order valence-electron chi connectivity index (χ1n) is 8.91. The lowest BCUT2D eigenvalue weighted by atomic mass is 10.1. The molecule has 3 aromatic rings. The second kappa shape index (κ2) is 8.80. The lowest BCUT2D eigenvalue weighted by Crippen LogP contribution is -2.17. The molecule has 1 aromatic heterocycles. The number of nitrogens with zero attached hydrogens (tertiary/aromatic N) is 1. The highest BCUT2D eigenvalue weighted by molar-refractivity contribution is 7.90. The molecule has 0 unspecified atom stereocenters. The summed E-state index contributed by atoms with van der Waals surface area (Å²) >= 11 is 0. The number of pyridine rings is 1. The van der Waals surface area contributed by atoms with E-state index in [-0.39, 0.29) is 16.8 Å². The van der Waals surface area contributed by atoms with Crippen LogP contribution in [0.5, 0.6) is 0 Å². The summed E-state index contributed by atoms with van der Waals surface area (Å²) in [5.41, 5.74) is 1.85. The van der Waals surface area contributed by atoms with Crippen molar-refractivity contribution < 1.29 is 17.9 Å². The van der Waals surface area contributed by atoms with Crippen LogP contribution in [-0.2, 0) is 26.7 Å². The number of benzene rings is 2. The van der Waals surface area contributed by atoms with Crippen LogP contribution < -0.4 is 0 Å². The topological polar surface area (TPSA) is 73.3 Å². The van der Waals surface area contributed by atoms with Gasteiger partial charge in [0.15, 0.2) is 9.84 Å². The lowest BCUT2D eigenvalue weighted by molar-refractivity contribution is 0.0342. The predicted molar refractivity (Wildman–Crippen MR) is 107 cm³/mol. The third kappa shape index (κ3) is 5.27. The van der Waals surface area contributed by atoms with E-state index in [0.29, 0.717) is 17.5 Å². The van der Waals surface area contributed by atoms with Gasteiger partial charge < -0.3 is 4.74 Å². The van der Waals surface area contributed by atoms with Crippen LogP contribution in [0.2, 0.25) is 0 Å². The molecule has 0 spiro atoms. The largest absolute Gasteiger partial charge is 0.459 e. The average molecular weight is 395 g/mol. The fraction of sp³-hybridized carbons (Fsp3) is 0.182. The van der Waals surface area contributed by atoms with Gasteiger partial charge in [0.25, 0.3) is 0 Å². The van der Waals surface area contributed by atoms with E-state index in [0.717, 1.165) is 5.56 Å². The van der Waals surface area contributed by atoms with E-state index < -0.39 is 15.8 Å². The highest BCUT2D eigenvalue weighted by Gasteiger charge is 2.17. The minimum absolute atomic E-state index is 0.177. The van der Waals surface area contributed by atoms with Crippen LogP contribution in [0.4, 0.5) is 0 Å². The normalized spacial score (nSPS) is 12.3. The van der Waals surface area contributed by atoms with Crippen LogP contribution >= 0.6 is 0 Å². The molecule has 0 amide bonds. The summed E-state index contributed by atoms with van der Waals surface area (Å²) < 4.78 is 30.6. The van der Waals surface area contributed by atoms with Gasteiger partial charge in [-0.1, -0.05) is 36.4 Å². The van der Waals surface area contributed by atoms with Crippen LogP contribution in [0.15, 0.2) is 84.0 Å². The Morgan fingerprint density at radius 1 is 1.00 bits per heavy atom. The smallest absolute Gasteiger partial charge is 0.338 e. The van der Waals surface area contributed by atoms with Gasteiger partial charge in [0.2, 0.25) is 0 Å². The molecule has 0 aliphatic heterocycles. The predicted octanol–water partition coefficient (Wildman–Crippen LogP) is 3.84. The molecular weight excluding hydrogens is 374 g/mol. The number of rotatable bonds is 7. The summed E-state index contributed by atoms with van der Waals surface area (Å²) in [7, 11) is -3.48. The maximum Gasteiger partial charge on any atom is 0.338 e. The molecule has 0 saturated heterocycles. The van der Waals surface area contributed by atoms with Crippen LogP contribution in [0, 0.1) is 0 Å². The Hall–Kier alpha value is -2.99. The summed E-state index contributed by atoms with van der Waals surface area (Å²) in [6.07, 6.45) is 3.66. The van der Waals surface area contributed by atoms with E-state index in [4.69, 9.17) is 4.74 Å². The van der Waals surface area contributed by atoms with Gasteiger partial charge >= 0.3 is 5.97 Å². The first-order chi connectivity index (χ1) is 13.4. The Labute approximate surface area is 164 Å². The van der Waals surface area contributed by atoms with Gasteiger partial charge in [0.05, 0.1) is 16.2 Å². The van der Waals surface area contributed by atoms with Crippen molar-refractivity contribution in [2.24, 2.45) is 0 Å². The van der Waals surface area contributed by atoms with E-state index in [1.807, 2.05) is 19.1 Å². The highest BCUT2D eigenvalue weighted by atomic mass is 32.2. The van der Waals surface area contributed by atoms with Crippen LogP contribution in [0.1, 0.15) is 28.4 Å². The Bertz CT molecular complexity index is 1030. The van der Waals surface area contributed by atoms with E-state index in [2.05, 4.69) is 4.98 Å². The first-order valence-corrected chi connectivity index (χ1v) is 10.6. The quantitative estimate of drug-likeness (QED) is 0.568. The minimum Gasteiger partial charge on any atom is -0.459 e. The summed E-state index contributed by atoms with van der Waals surface area (Å²) in [6.45, 7) is 1.81. The number of hydrogen-bond donors (Lipinski definition) is 0. The Morgan fingerprint density at radius 2 is 1.75 bits per heavy atom. The van der Waals surface area contributed by atoms with Crippen molar-refractivity contribution >= 4 is 15.8 Å². The molecule has 0 saturated carbocycles. The third-order valence-electron chi connectivity index (χ3n) is 4.18. The summed E-state index contributed by atoms with van der Waals surface area (Å²) in [6, 6.07) is 18.6. The molecule has 0 radical (unpaired) electrons. The molecule has 0 aliphatic carbocycles.